The number of halogens is 1. The minimum Gasteiger partial charge on any atom is -0.211 e. The van der Waals surface area contributed by atoms with Crippen molar-refractivity contribution >= 4 is 23.4 Å². The first kappa shape index (κ1) is 10.1. The number of isocyanates is 1. The van der Waals surface area contributed by atoms with Crippen LogP contribution in [0.5, 0.6) is 0 Å². The standard InChI is InChI=1S/C13H12ClNO/c14-11-5-4-9-6-8-2-1-3-10(8)13(12(9)11)15-7-16/h6,11H,1-5H2. The fourth-order valence-corrected chi connectivity index (χ4v) is 3.31. The summed E-state index contributed by atoms with van der Waals surface area (Å²) in [7, 11) is 0. The van der Waals surface area contributed by atoms with Crippen molar-refractivity contribution in [1.82, 2.24) is 0 Å². The highest BCUT2D eigenvalue weighted by molar-refractivity contribution is 6.21. The van der Waals surface area contributed by atoms with E-state index in [2.05, 4.69) is 11.1 Å². The van der Waals surface area contributed by atoms with Crippen LogP contribution in [0, 0.1) is 0 Å². The summed E-state index contributed by atoms with van der Waals surface area (Å²) >= 11 is 6.30. The number of aryl methyl sites for hydroxylation is 2. The molecule has 16 heavy (non-hydrogen) atoms. The normalized spacial score (nSPS) is 21.4. The number of aliphatic imine (C=N–C) groups is 1. The van der Waals surface area contributed by atoms with E-state index in [4.69, 9.17) is 11.6 Å². The number of benzene rings is 1. The maximum atomic E-state index is 10.5. The zero-order chi connectivity index (χ0) is 11.1. The zero-order valence-electron chi connectivity index (χ0n) is 8.92. The van der Waals surface area contributed by atoms with Crippen molar-refractivity contribution in [3.63, 3.8) is 0 Å². The predicted molar refractivity (Wildman–Crippen MR) is 63.2 cm³/mol. The van der Waals surface area contributed by atoms with Gasteiger partial charge in [0.2, 0.25) is 6.08 Å². The Hall–Kier alpha value is -1.11. The molecule has 1 unspecified atom stereocenters. The first-order valence-electron chi connectivity index (χ1n) is 5.70. The van der Waals surface area contributed by atoms with Crippen LogP contribution in [0.15, 0.2) is 11.1 Å². The average Bonchev–Trinajstić information content (AvgIpc) is 2.86. The maximum absolute atomic E-state index is 10.5. The molecule has 1 aromatic rings. The summed E-state index contributed by atoms with van der Waals surface area (Å²) in [5.41, 5.74) is 5.80. The third-order valence-corrected chi connectivity index (χ3v) is 4.07. The Morgan fingerprint density at radius 3 is 3.00 bits per heavy atom. The quantitative estimate of drug-likeness (QED) is 0.415. The smallest absolute Gasteiger partial charge is 0.211 e. The molecule has 0 fully saturated rings. The van der Waals surface area contributed by atoms with Gasteiger partial charge in [-0.15, -0.1) is 11.6 Å². The maximum Gasteiger partial charge on any atom is 0.240 e. The minimum atomic E-state index is 0.0213. The second kappa shape index (κ2) is 3.73. The van der Waals surface area contributed by atoms with E-state index in [1.807, 2.05) is 0 Å². The number of rotatable bonds is 1. The SMILES string of the molecule is O=C=Nc1c2c(cc3c1C(Cl)CC3)CCC2. The second-order valence-electron chi connectivity index (χ2n) is 4.50. The van der Waals surface area contributed by atoms with Crippen LogP contribution in [-0.4, -0.2) is 6.08 Å². The van der Waals surface area contributed by atoms with Gasteiger partial charge in [0, 0.05) is 5.56 Å². The average molecular weight is 234 g/mol. The molecule has 2 nitrogen and oxygen atoms in total. The molecule has 2 aliphatic rings. The summed E-state index contributed by atoms with van der Waals surface area (Å²) < 4.78 is 0. The molecule has 0 heterocycles. The van der Waals surface area contributed by atoms with Gasteiger partial charge >= 0.3 is 0 Å². The lowest BCUT2D eigenvalue weighted by molar-refractivity contribution is 0.565. The topological polar surface area (TPSA) is 29.4 Å². The highest BCUT2D eigenvalue weighted by Crippen LogP contribution is 2.46. The van der Waals surface area contributed by atoms with Crippen molar-refractivity contribution in [3.8, 4) is 0 Å². The lowest BCUT2D eigenvalue weighted by Crippen LogP contribution is -1.93. The van der Waals surface area contributed by atoms with Crippen molar-refractivity contribution in [2.24, 2.45) is 4.99 Å². The van der Waals surface area contributed by atoms with Crippen LogP contribution in [-0.2, 0) is 24.1 Å². The molecule has 82 valence electrons. The van der Waals surface area contributed by atoms with Crippen molar-refractivity contribution in [2.75, 3.05) is 0 Å². The van der Waals surface area contributed by atoms with Crippen LogP contribution in [0.2, 0.25) is 0 Å². The Morgan fingerprint density at radius 2 is 2.19 bits per heavy atom. The van der Waals surface area contributed by atoms with E-state index in [-0.39, 0.29) is 5.38 Å². The molecule has 3 rings (SSSR count). The molecule has 2 aliphatic carbocycles. The molecule has 0 N–H and O–H groups in total. The van der Waals surface area contributed by atoms with E-state index in [1.54, 1.807) is 6.08 Å². The molecule has 0 saturated heterocycles. The van der Waals surface area contributed by atoms with E-state index in [9.17, 15) is 4.79 Å². The molecule has 1 atom stereocenters. The van der Waals surface area contributed by atoms with Gasteiger partial charge in [-0.25, -0.2) is 4.79 Å². The Bertz CT molecular complexity index is 503. The lowest BCUT2D eigenvalue weighted by atomic mass is 9.99. The van der Waals surface area contributed by atoms with Crippen molar-refractivity contribution < 1.29 is 4.79 Å². The summed E-state index contributed by atoms with van der Waals surface area (Å²) in [6.45, 7) is 0. The molecule has 3 heteroatoms. The molecule has 0 spiro atoms. The van der Waals surface area contributed by atoms with Crippen molar-refractivity contribution in [1.29, 1.82) is 0 Å². The largest absolute Gasteiger partial charge is 0.240 e. The second-order valence-corrected chi connectivity index (χ2v) is 5.03. The van der Waals surface area contributed by atoms with E-state index in [1.165, 1.54) is 16.7 Å². The van der Waals surface area contributed by atoms with Gasteiger partial charge in [0.15, 0.2) is 0 Å². The molecule has 0 radical (unpaired) electrons. The van der Waals surface area contributed by atoms with Gasteiger partial charge in [-0.1, -0.05) is 6.07 Å². The molecule has 0 aliphatic heterocycles. The fourth-order valence-electron chi connectivity index (χ4n) is 2.96. The van der Waals surface area contributed by atoms with Gasteiger partial charge in [-0.3, -0.25) is 0 Å². The summed E-state index contributed by atoms with van der Waals surface area (Å²) in [5.74, 6) is 0. The first-order valence-corrected chi connectivity index (χ1v) is 6.14. The highest BCUT2D eigenvalue weighted by Gasteiger charge is 2.29. The van der Waals surface area contributed by atoms with Crippen molar-refractivity contribution in [2.45, 2.75) is 37.5 Å². The van der Waals surface area contributed by atoms with Crippen LogP contribution in [0.3, 0.4) is 0 Å². The van der Waals surface area contributed by atoms with Gasteiger partial charge in [-0.05, 0) is 48.8 Å². The number of fused-ring (bicyclic) bond motifs is 2. The van der Waals surface area contributed by atoms with Crippen LogP contribution in [0.25, 0.3) is 0 Å². The number of nitrogens with zero attached hydrogens (tertiary/aromatic N) is 1. The van der Waals surface area contributed by atoms with Gasteiger partial charge < -0.3 is 0 Å². The summed E-state index contributed by atoms with van der Waals surface area (Å²) in [6.07, 6.45) is 6.94. The van der Waals surface area contributed by atoms with E-state index < -0.39 is 0 Å². The highest BCUT2D eigenvalue weighted by atomic mass is 35.5. The monoisotopic (exact) mass is 233 g/mol. The van der Waals surface area contributed by atoms with Crippen molar-refractivity contribution in [3.05, 3.63) is 28.3 Å². The van der Waals surface area contributed by atoms with Gasteiger partial charge in [0.25, 0.3) is 0 Å². The lowest BCUT2D eigenvalue weighted by Gasteiger charge is -2.11. The van der Waals surface area contributed by atoms with Gasteiger partial charge in [0.1, 0.15) is 0 Å². The number of hydrogen-bond donors (Lipinski definition) is 0. The summed E-state index contributed by atoms with van der Waals surface area (Å²) in [5, 5.41) is 0.0213. The van der Waals surface area contributed by atoms with E-state index in [0.717, 1.165) is 43.4 Å². The van der Waals surface area contributed by atoms with Gasteiger partial charge in [0.05, 0.1) is 11.1 Å². The van der Waals surface area contributed by atoms with E-state index in [0.29, 0.717) is 0 Å². The molecule has 0 saturated carbocycles. The van der Waals surface area contributed by atoms with Gasteiger partial charge in [-0.2, -0.15) is 4.99 Å². The molecule has 0 amide bonds. The van der Waals surface area contributed by atoms with Crippen LogP contribution in [0.1, 0.15) is 40.5 Å². The number of carbonyl (C=O) groups excluding carboxylic acids is 1. The van der Waals surface area contributed by atoms with Crippen LogP contribution in [0.4, 0.5) is 5.69 Å². The van der Waals surface area contributed by atoms with E-state index >= 15 is 0 Å². The molecular formula is C13H12ClNO. The first-order chi connectivity index (χ1) is 7.81. The Balaban J connectivity index is 2.30. The Morgan fingerprint density at radius 1 is 1.31 bits per heavy atom. The summed E-state index contributed by atoms with van der Waals surface area (Å²) in [6, 6.07) is 2.27. The zero-order valence-corrected chi connectivity index (χ0v) is 9.68. The Kier molecular flexibility index (Phi) is 2.34. The number of hydrogen-bond acceptors (Lipinski definition) is 2. The summed E-state index contributed by atoms with van der Waals surface area (Å²) in [4.78, 5) is 14.5. The third-order valence-electron chi connectivity index (χ3n) is 3.63. The molecule has 0 aromatic heterocycles. The molecular weight excluding hydrogens is 222 g/mol. The fraction of sp³-hybridized carbons (Fsp3) is 0.462. The minimum absolute atomic E-state index is 0.0213. The molecule has 1 aromatic carbocycles. The number of alkyl halides is 1. The Labute approximate surface area is 99.3 Å². The molecule has 0 bridgehead atoms. The predicted octanol–water partition coefficient (Wildman–Crippen LogP) is 3.37. The third kappa shape index (κ3) is 1.34. The van der Waals surface area contributed by atoms with Crippen LogP contribution < -0.4 is 0 Å². The van der Waals surface area contributed by atoms with Crippen LogP contribution >= 0.6 is 11.6 Å².